The number of amides is 1. The van der Waals surface area contributed by atoms with Crippen molar-refractivity contribution in [3.63, 3.8) is 0 Å². The summed E-state index contributed by atoms with van der Waals surface area (Å²) in [5.41, 5.74) is 7.66. The van der Waals surface area contributed by atoms with Crippen LogP contribution in [0.15, 0.2) is 66.9 Å². The molecule has 0 aliphatic carbocycles. The fraction of sp³-hybridized carbons (Fsp3) is 0.211. The number of nitrogens with one attached hydrogen (secondary N) is 1. The summed E-state index contributed by atoms with van der Waals surface area (Å²) in [4.78, 5) is 11.7. The molecule has 0 spiro atoms. The number of aromatic nitrogens is 1. The van der Waals surface area contributed by atoms with Crippen LogP contribution in [0.2, 0.25) is 0 Å². The molecule has 2 aromatic carbocycles. The summed E-state index contributed by atoms with van der Waals surface area (Å²) in [6, 6.07) is 19.6. The van der Waals surface area contributed by atoms with Crippen molar-refractivity contribution in [2.75, 3.05) is 6.54 Å². The van der Waals surface area contributed by atoms with Crippen molar-refractivity contribution in [3.8, 4) is 0 Å². The number of primary amides is 1. The minimum absolute atomic E-state index is 0.345. The van der Waals surface area contributed by atoms with Crippen molar-refractivity contribution < 1.29 is 4.79 Å². The van der Waals surface area contributed by atoms with Crippen molar-refractivity contribution >= 4 is 16.8 Å². The predicted molar refractivity (Wildman–Crippen MR) is 92.9 cm³/mol. The van der Waals surface area contributed by atoms with E-state index in [9.17, 15) is 4.79 Å². The third kappa shape index (κ3) is 3.60. The fourth-order valence-corrected chi connectivity index (χ4v) is 2.86. The molecule has 0 radical (unpaired) electrons. The molecule has 3 N–H and O–H groups in total. The summed E-state index contributed by atoms with van der Waals surface area (Å²) < 4.78 is 2.23. The molecule has 1 aromatic heterocycles. The van der Waals surface area contributed by atoms with E-state index in [1.165, 1.54) is 10.9 Å². The van der Waals surface area contributed by atoms with Gasteiger partial charge in [-0.05, 0) is 36.0 Å². The highest BCUT2D eigenvalue weighted by atomic mass is 16.1. The van der Waals surface area contributed by atoms with Gasteiger partial charge in [0.25, 0.3) is 0 Å². The molecule has 1 amide bonds. The average molecular weight is 307 g/mol. The van der Waals surface area contributed by atoms with E-state index in [0.717, 1.165) is 25.1 Å². The standard InChI is InChI=1S/C19H21N3O/c20-19(23)18(16-8-2-1-3-9-16)21-12-6-13-22-14-11-15-7-4-5-10-17(15)22/h1-5,7-11,14,18,21H,6,12-13H2,(H2,20,23)/t18-/m0/s1. The summed E-state index contributed by atoms with van der Waals surface area (Å²) in [6.45, 7) is 1.63. The lowest BCUT2D eigenvalue weighted by Crippen LogP contribution is -2.34. The Labute approximate surface area is 135 Å². The maximum Gasteiger partial charge on any atom is 0.239 e. The predicted octanol–water partition coefficient (Wildman–Crippen LogP) is 2.85. The lowest BCUT2D eigenvalue weighted by Gasteiger charge is -2.16. The molecule has 0 unspecified atom stereocenters. The summed E-state index contributed by atoms with van der Waals surface area (Å²) in [5, 5.41) is 4.51. The van der Waals surface area contributed by atoms with Crippen LogP contribution in [0.5, 0.6) is 0 Å². The van der Waals surface area contributed by atoms with Gasteiger partial charge in [0.2, 0.25) is 5.91 Å². The van der Waals surface area contributed by atoms with Gasteiger partial charge in [-0.3, -0.25) is 4.79 Å². The maximum absolute atomic E-state index is 11.7. The minimum atomic E-state index is -0.433. The summed E-state index contributed by atoms with van der Waals surface area (Å²) in [5.74, 6) is -0.345. The highest BCUT2D eigenvalue weighted by Crippen LogP contribution is 2.16. The first kappa shape index (κ1) is 15.3. The average Bonchev–Trinajstić information content (AvgIpc) is 2.98. The van der Waals surface area contributed by atoms with Gasteiger partial charge in [-0.2, -0.15) is 0 Å². The van der Waals surface area contributed by atoms with Crippen molar-refractivity contribution in [3.05, 3.63) is 72.4 Å². The minimum Gasteiger partial charge on any atom is -0.368 e. The van der Waals surface area contributed by atoms with Gasteiger partial charge < -0.3 is 15.6 Å². The van der Waals surface area contributed by atoms with Gasteiger partial charge in [0.05, 0.1) is 0 Å². The third-order valence-corrected chi connectivity index (χ3v) is 4.02. The Morgan fingerprint density at radius 1 is 1.04 bits per heavy atom. The normalized spacial score (nSPS) is 12.3. The zero-order chi connectivity index (χ0) is 16.1. The van der Waals surface area contributed by atoms with Gasteiger partial charge in [-0.15, -0.1) is 0 Å². The number of para-hydroxylation sites is 1. The van der Waals surface area contributed by atoms with Crippen molar-refractivity contribution in [2.45, 2.75) is 19.0 Å². The van der Waals surface area contributed by atoms with Gasteiger partial charge in [0.15, 0.2) is 0 Å². The number of rotatable bonds is 7. The number of hydrogen-bond acceptors (Lipinski definition) is 2. The van der Waals surface area contributed by atoms with Crippen LogP contribution >= 0.6 is 0 Å². The number of fused-ring (bicyclic) bond motifs is 1. The van der Waals surface area contributed by atoms with E-state index >= 15 is 0 Å². The molecule has 0 fully saturated rings. The molecule has 1 heterocycles. The Morgan fingerprint density at radius 3 is 2.57 bits per heavy atom. The van der Waals surface area contributed by atoms with Crippen molar-refractivity contribution in [1.82, 2.24) is 9.88 Å². The first-order chi connectivity index (χ1) is 11.3. The van der Waals surface area contributed by atoms with E-state index in [1.54, 1.807) is 0 Å². The van der Waals surface area contributed by atoms with Crippen molar-refractivity contribution in [2.24, 2.45) is 5.73 Å². The molecule has 0 aliphatic rings. The van der Waals surface area contributed by atoms with Crippen LogP contribution in [-0.4, -0.2) is 17.0 Å². The summed E-state index contributed by atoms with van der Waals surface area (Å²) >= 11 is 0. The molecule has 3 rings (SSSR count). The van der Waals surface area contributed by atoms with Gasteiger partial charge in [0.1, 0.15) is 6.04 Å². The Balaban J connectivity index is 1.57. The SMILES string of the molecule is NC(=O)[C@@H](NCCCn1ccc2ccccc21)c1ccccc1. The largest absolute Gasteiger partial charge is 0.368 e. The van der Waals surface area contributed by atoms with Crippen LogP contribution in [0.4, 0.5) is 0 Å². The van der Waals surface area contributed by atoms with E-state index in [2.05, 4.69) is 40.3 Å². The maximum atomic E-state index is 11.7. The molecule has 0 saturated carbocycles. The second-order valence-corrected chi connectivity index (χ2v) is 5.62. The fourth-order valence-electron chi connectivity index (χ4n) is 2.86. The van der Waals surface area contributed by atoms with Gasteiger partial charge in [-0.25, -0.2) is 0 Å². The molecule has 3 aromatic rings. The van der Waals surface area contributed by atoms with E-state index < -0.39 is 6.04 Å². The first-order valence-electron chi connectivity index (χ1n) is 7.87. The number of carbonyl (C=O) groups is 1. The molecule has 0 bridgehead atoms. The van der Waals surface area contributed by atoms with Crippen LogP contribution < -0.4 is 11.1 Å². The number of benzene rings is 2. The Morgan fingerprint density at radius 2 is 1.78 bits per heavy atom. The monoisotopic (exact) mass is 307 g/mol. The second kappa shape index (κ2) is 7.11. The zero-order valence-electron chi connectivity index (χ0n) is 13.0. The Bertz CT molecular complexity index is 779. The van der Waals surface area contributed by atoms with Gasteiger partial charge in [0, 0.05) is 18.3 Å². The van der Waals surface area contributed by atoms with Gasteiger partial charge >= 0.3 is 0 Å². The number of nitrogens with two attached hydrogens (primary N) is 1. The second-order valence-electron chi connectivity index (χ2n) is 5.62. The quantitative estimate of drug-likeness (QED) is 0.659. The molecular weight excluding hydrogens is 286 g/mol. The third-order valence-electron chi connectivity index (χ3n) is 4.02. The summed E-state index contributed by atoms with van der Waals surface area (Å²) in [7, 11) is 0. The molecule has 4 heteroatoms. The number of carbonyl (C=O) groups excluding carboxylic acids is 1. The van der Waals surface area contributed by atoms with Crippen molar-refractivity contribution in [1.29, 1.82) is 0 Å². The Kier molecular flexibility index (Phi) is 4.74. The first-order valence-corrected chi connectivity index (χ1v) is 7.87. The topological polar surface area (TPSA) is 60.1 Å². The number of hydrogen-bond donors (Lipinski definition) is 2. The van der Waals surface area contributed by atoms with Gasteiger partial charge in [-0.1, -0.05) is 48.5 Å². The summed E-state index contributed by atoms with van der Waals surface area (Å²) in [6.07, 6.45) is 3.03. The van der Waals surface area contributed by atoms with Crippen LogP contribution in [0.1, 0.15) is 18.0 Å². The molecule has 23 heavy (non-hydrogen) atoms. The van der Waals surface area contributed by atoms with E-state index in [1.807, 2.05) is 36.4 Å². The molecule has 1 atom stereocenters. The van der Waals surface area contributed by atoms with E-state index in [0.29, 0.717) is 0 Å². The molecule has 0 saturated heterocycles. The zero-order valence-corrected chi connectivity index (χ0v) is 13.0. The molecule has 4 nitrogen and oxygen atoms in total. The van der Waals surface area contributed by atoms with Crippen LogP contribution in [-0.2, 0) is 11.3 Å². The Hall–Kier alpha value is -2.59. The lowest BCUT2D eigenvalue weighted by atomic mass is 10.1. The molecule has 118 valence electrons. The molecule has 0 aliphatic heterocycles. The van der Waals surface area contributed by atoms with Crippen LogP contribution in [0.25, 0.3) is 10.9 Å². The lowest BCUT2D eigenvalue weighted by molar-refractivity contribution is -0.120. The van der Waals surface area contributed by atoms with E-state index in [4.69, 9.17) is 5.73 Å². The number of aryl methyl sites for hydroxylation is 1. The van der Waals surface area contributed by atoms with E-state index in [-0.39, 0.29) is 5.91 Å². The number of nitrogens with zero attached hydrogens (tertiary/aromatic N) is 1. The highest BCUT2D eigenvalue weighted by molar-refractivity contribution is 5.81. The molecular formula is C19H21N3O. The van der Waals surface area contributed by atoms with Crippen LogP contribution in [0, 0.1) is 0 Å². The highest BCUT2D eigenvalue weighted by Gasteiger charge is 2.16. The van der Waals surface area contributed by atoms with Crippen LogP contribution in [0.3, 0.4) is 0 Å². The smallest absolute Gasteiger partial charge is 0.239 e.